The number of aromatic amines is 1. The third kappa shape index (κ3) is 2.31. The van der Waals surface area contributed by atoms with Crippen molar-refractivity contribution >= 4 is 21.4 Å². The number of H-pyrrole nitrogens is 1. The highest BCUT2D eigenvalue weighted by Crippen LogP contribution is 2.20. The summed E-state index contributed by atoms with van der Waals surface area (Å²) in [5.74, 6) is 0. The number of nitrogens with one attached hydrogen (secondary N) is 2. The fourth-order valence-corrected chi connectivity index (χ4v) is 3.22. The Morgan fingerprint density at radius 2 is 2.38 bits per heavy atom. The molecule has 16 heavy (non-hydrogen) atoms. The SMILES string of the molecule is CC(NS(=O)(=O)c1cn[nH]c1)c1cccs1. The molecular weight excluding hydrogens is 246 g/mol. The van der Waals surface area contributed by atoms with Gasteiger partial charge in [0, 0.05) is 11.1 Å². The van der Waals surface area contributed by atoms with E-state index in [4.69, 9.17) is 0 Å². The van der Waals surface area contributed by atoms with Crippen LogP contribution < -0.4 is 4.72 Å². The number of rotatable bonds is 4. The van der Waals surface area contributed by atoms with E-state index in [2.05, 4.69) is 14.9 Å². The van der Waals surface area contributed by atoms with E-state index in [-0.39, 0.29) is 10.9 Å². The molecule has 2 N–H and O–H groups in total. The van der Waals surface area contributed by atoms with E-state index in [9.17, 15) is 8.42 Å². The highest BCUT2D eigenvalue weighted by Gasteiger charge is 2.19. The second kappa shape index (κ2) is 4.36. The monoisotopic (exact) mass is 257 g/mol. The number of nitrogens with zero attached hydrogens (tertiary/aromatic N) is 1. The Labute approximate surface area is 97.6 Å². The molecule has 2 rings (SSSR count). The average molecular weight is 257 g/mol. The molecule has 0 aliphatic heterocycles. The zero-order chi connectivity index (χ0) is 11.6. The first-order valence-electron chi connectivity index (χ1n) is 4.64. The van der Waals surface area contributed by atoms with Crippen LogP contribution in [0.2, 0.25) is 0 Å². The molecule has 0 radical (unpaired) electrons. The Morgan fingerprint density at radius 1 is 1.56 bits per heavy atom. The summed E-state index contributed by atoms with van der Waals surface area (Å²) in [5, 5.41) is 8.01. The predicted octanol–water partition coefficient (Wildman–Crippen LogP) is 1.51. The van der Waals surface area contributed by atoms with E-state index in [0.29, 0.717) is 0 Å². The van der Waals surface area contributed by atoms with Crippen molar-refractivity contribution in [2.24, 2.45) is 0 Å². The van der Waals surface area contributed by atoms with Crippen LogP contribution in [0.4, 0.5) is 0 Å². The summed E-state index contributed by atoms with van der Waals surface area (Å²) < 4.78 is 26.2. The van der Waals surface area contributed by atoms with Crippen LogP contribution >= 0.6 is 11.3 Å². The lowest BCUT2D eigenvalue weighted by Gasteiger charge is -2.11. The summed E-state index contributed by atoms with van der Waals surface area (Å²) in [6, 6.07) is 3.55. The van der Waals surface area contributed by atoms with Crippen LogP contribution in [-0.2, 0) is 10.0 Å². The Hall–Kier alpha value is -1.18. The lowest BCUT2D eigenvalue weighted by atomic mass is 10.3. The van der Waals surface area contributed by atoms with Gasteiger partial charge in [-0.1, -0.05) is 6.07 Å². The van der Waals surface area contributed by atoms with Crippen molar-refractivity contribution in [3.05, 3.63) is 34.8 Å². The minimum Gasteiger partial charge on any atom is -0.284 e. The quantitative estimate of drug-likeness (QED) is 0.871. The molecule has 2 aromatic rings. The van der Waals surface area contributed by atoms with Crippen molar-refractivity contribution in [3.8, 4) is 0 Å². The lowest BCUT2D eigenvalue weighted by Crippen LogP contribution is -2.26. The molecule has 0 saturated carbocycles. The van der Waals surface area contributed by atoms with Gasteiger partial charge in [0.15, 0.2) is 0 Å². The number of hydrogen-bond acceptors (Lipinski definition) is 4. The molecule has 0 aromatic carbocycles. The molecule has 0 spiro atoms. The van der Waals surface area contributed by atoms with Crippen molar-refractivity contribution < 1.29 is 8.42 Å². The molecule has 0 bridgehead atoms. The Morgan fingerprint density at radius 3 is 2.94 bits per heavy atom. The third-order valence-corrected chi connectivity index (χ3v) is 4.65. The predicted molar refractivity (Wildman–Crippen MR) is 61.6 cm³/mol. The first-order chi connectivity index (χ1) is 7.59. The van der Waals surface area contributed by atoms with Crippen LogP contribution in [0.3, 0.4) is 0 Å². The van der Waals surface area contributed by atoms with Gasteiger partial charge in [-0.2, -0.15) is 5.10 Å². The molecule has 86 valence electrons. The summed E-state index contributed by atoms with van der Waals surface area (Å²) in [7, 11) is -3.48. The van der Waals surface area contributed by atoms with Crippen LogP contribution in [0, 0.1) is 0 Å². The van der Waals surface area contributed by atoms with Gasteiger partial charge in [0.1, 0.15) is 4.90 Å². The molecule has 5 nitrogen and oxygen atoms in total. The fourth-order valence-electron chi connectivity index (χ4n) is 1.28. The molecule has 1 unspecified atom stereocenters. The van der Waals surface area contributed by atoms with E-state index in [1.807, 2.05) is 24.4 Å². The van der Waals surface area contributed by atoms with Gasteiger partial charge in [-0.05, 0) is 18.4 Å². The van der Waals surface area contributed by atoms with Crippen LogP contribution in [0.25, 0.3) is 0 Å². The summed E-state index contributed by atoms with van der Waals surface area (Å²) in [5.41, 5.74) is 0. The van der Waals surface area contributed by atoms with Gasteiger partial charge in [0.2, 0.25) is 10.0 Å². The highest BCUT2D eigenvalue weighted by molar-refractivity contribution is 7.89. The minimum absolute atomic E-state index is 0.149. The lowest BCUT2D eigenvalue weighted by molar-refractivity contribution is 0.568. The third-order valence-electron chi connectivity index (χ3n) is 2.09. The number of thiophene rings is 1. The summed E-state index contributed by atoms with van der Waals surface area (Å²) in [6.45, 7) is 1.81. The first-order valence-corrected chi connectivity index (χ1v) is 7.00. The van der Waals surface area contributed by atoms with Crippen LogP contribution in [0.5, 0.6) is 0 Å². The van der Waals surface area contributed by atoms with E-state index in [1.165, 1.54) is 23.7 Å². The van der Waals surface area contributed by atoms with E-state index >= 15 is 0 Å². The van der Waals surface area contributed by atoms with Crippen molar-refractivity contribution in [2.45, 2.75) is 17.9 Å². The van der Waals surface area contributed by atoms with Gasteiger partial charge < -0.3 is 0 Å². The van der Waals surface area contributed by atoms with Crippen molar-refractivity contribution in [1.29, 1.82) is 0 Å². The van der Waals surface area contributed by atoms with Gasteiger partial charge in [0.25, 0.3) is 0 Å². The smallest absolute Gasteiger partial charge is 0.244 e. The van der Waals surface area contributed by atoms with Gasteiger partial charge in [-0.25, -0.2) is 13.1 Å². The molecule has 7 heteroatoms. The summed E-state index contributed by atoms with van der Waals surface area (Å²) >= 11 is 1.52. The standard InChI is InChI=1S/C9H11N3O2S2/c1-7(9-3-2-4-15-9)12-16(13,14)8-5-10-11-6-8/h2-7,12H,1H3,(H,10,11). The molecule has 0 aliphatic rings. The Kier molecular flexibility index (Phi) is 3.08. The molecule has 0 fully saturated rings. The minimum atomic E-state index is -3.48. The van der Waals surface area contributed by atoms with Gasteiger partial charge in [-0.15, -0.1) is 11.3 Å². The molecule has 2 aromatic heterocycles. The van der Waals surface area contributed by atoms with E-state index < -0.39 is 10.0 Å². The summed E-state index contributed by atoms with van der Waals surface area (Å²) in [4.78, 5) is 1.13. The van der Waals surface area contributed by atoms with Gasteiger partial charge >= 0.3 is 0 Å². The second-order valence-corrected chi connectivity index (χ2v) is 5.99. The topological polar surface area (TPSA) is 74.8 Å². The molecule has 2 heterocycles. The number of hydrogen-bond donors (Lipinski definition) is 2. The Balaban J connectivity index is 2.16. The molecule has 0 saturated heterocycles. The van der Waals surface area contributed by atoms with Crippen molar-refractivity contribution in [3.63, 3.8) is 0 Å². The first kappa shape index (κ1) is 11.3. The van der Waals surface area contributed by atoms with E-state index in [0.717, 1.165) is 4.88 Å². The molecule has 0 amide bonds. The number of sulfonamides is 1. The zero-order valence-corrected chi connectivity index (χ0v) is 10.2. The fraction of sp³-hybridized carbons (Fsp3) is 0.222. The second-order valence-electron chi connectivity index (χ2n) is 3.29. The molecular formula is C9H11N3O2S2. The maximum Gasteiger partial charge on any atom is 0.244 e. The summed E-state index contributed by atoms with van der Waals surface area (Å²) in [6.07, 6.45) is 2.63. The maximum atomic E-state index is 11.8. The highest BCUT2D eigenvalue weighted by atomic mass is 32.2. The van der Waals surface area contributed by atoms with Crippen LogP contribution in [0.1, 0.15) is 17.8 Å². The van der Waals surface area contributed by atoms with E-state index in [1.54, 1.807) is 0 Å². The maximum absolute atomic E-state index is 11.8. The van der Waals surface area contributed by atoms with Crippen LogP contribution in [0.15, 0.2) is 34.8 Å². The molecule has 0 aliphatic carbocycles. The average Bonchev–Trinajstić information content (AvgIpc) is 2.91. The number of aromatic nitrogens is 2. The van der Waals surface area contributed by atoms with Crippen molar-refractivity contribution in [2.75, 3.05) is 0 Å². The molecule has 1 atom stereocenters. The van der Waals surface area contributed by atoms with Crippen molar-refractivity contribution in [1.82, 2.24) is 14.9 Å². The Bertz CT molecular complexity index is 531. The zero-order valence-electron chi connectivity index (χ0n) is 8.54. The van der Waals surface area contributed by atoms with Crippen LogP contribution in [-0.4, -0.2) is 18.6 Å². The largest absolute Gasteiger partial charge is 0.284 e. The van der Waals surface area contributed by atoms with Gasteiger partial charge in [-0.3, -0.25) is 5.10 Å². The van der Waals surface area contributed by atoms with Gasteiger partial charge in [0.05, 0.1) is 12.2 Å². The normalized spacial score (nSPS) is 13.8.